The lowest BCUT2D eigenvalue weighted by atomic mass is 9.69. The molecule has 1 unspecified atom stereocenters. The van der Waals surface area contributed by atoms with Crippen LogP contribution in [0.25, 0.3) is 0 Å². The Labute approximate surface area is 134 Å². The molecule has 3 heteroatoms. The van der Waals surface area contributed by atoms with Gasteiger partial charge in [-0.15, -0.1) is 0 Å². The lowest BCUT2D eigenvalue weighted by molar-refractivity contribution is 0.162. The fraction of sp³-hybridized carbons (Fsp3) is 0.684. The van der Waals surface area contributed by atoms with Gasteiger partial charge in [-0.25, -0.2) is 0 Å². The van der Waals surface area contributed by atoms with Crippen LogP contribution in [-0.4, -0.2) is 26.7 Å². The van der Waals surface area contributed by atoms with Gasteiger partial charge in [-0.3, -0.25) is 0 Å². The minimum atomic E-state index is 0.797. The van der Waals surface area contributed by atoms with E-state index in [1.165, 1.54) is 62.7 Å². The van der Waals surface area contributed by atoms with Crippen molar-refractivity contribution in [1.29, 1.82) is 0 Å². The van der Waals surface area contributed by atoms with Gasteiger partial charge in [0.1, 0.15) is 5.75 Å². The molecule has 1 saturated heterocycles. The number of fused-ring (bicyclic) bond motifs is 1. The highest BCUT2D eigenvalue weighted by Gasteiger charge is 2.32. The summed E-state index contributed by atoms with van der Waals surface area (Å²) >= 11 is 0. The van der Waals surface area contributed by atoms with Crippen molar-refractivity contribution >= 4 is 0 Å². The molecule has 22 heavy (non-hydrogen) atoms. The molecule has 0 radical (unpaired) electrons. The quantitative estimate of drug-likeness (QED) is 0.879. The Hall–Kier alpha value is -1.06. The second kappa shape index (κ2) is 7.47. The van der Waals surface area contributed by atoms with Crippen molar-refractivity contribution in [3.8, 4) is 5.75 Å². The van der Waals surface area contributed by atoms with Crippen LogP contribution in [0.3, 0.4) is 0 Å². The summed E-state index contributed by atoms with van der Waals surface area (Å²) in [5, 5.41) is 3.50. The minimum absolute atomic E-state index is 0.797. The van der Waals surface area contributed by atoms with Crippen LogP contribution in [0.15, 0.2) is 18.2 Å². The second-order valence-electron chi connectivity index (χ2n) is 6.97. The van der Waals surface area contributed by atoms with Crippen molar-refractivity contribution < 1.29 is 4.74 Å². The molecule has 0 spiro atoms. The van der Waals surface area contributed by atoms with Crippen LogP contribution in [-0.2, 0) is 12.8 Å². The van der Waals surface area contributed by atoms with E-state index in [0.717, 1.165) is 30.0 Å². The lowest BCUT2D eigenvalue weighted by Crippen LogP contribution is -2.37. The molecule has 0 bridgehead atoms. The van der Waals surface area contributed by atoms with Crippen LogP contribution in [0.5, 0.6) is 5.75 Å². The fourth-order valence-corrected chi connectivity index (χ4v) is 4.58. The molecule has 1 fully saturated rings. The molecule has 1 heterocycles. The predicted octanol–water partition coefficient (Wildman–Crippen LogP) is 2.76. The molecule has 1 aromatic carbocycles. The first-order valence-electron chi connectivity index (χ1n) is 8.88. The molecule has 0 amide bonds. The van der Waals surface area contributed by atoms with E-state index >= 15 is 0 Å². The minimum Gasteiger partial charge on any atom is -0.497 e. The standard InChI is InChI=1S/C19H30N2O/c1-22-18-5-4-14-2-3-16(12-17(14)13-18)19(6-9-20)15-7-10-21-11-8-15/h4-5,13,15-16,19,21H,2-3,6-12,20H2,1H3/t16-,19?/m1/s1. The molecule has 0 aromatic heterocycles. The monoisotopic (exact) mass is 302 g/mol. The van der Waals surface area contributed by atoms with Gasteiger partial charge in [-0.2, -0.15) is 0 Å². The maximum atomic E-state index is 5.95. The van der Waals surface area contributed by atoms with E-state index in [4.69, 9.17) is 10.5 Å². The average molecular weight is 302 g/mol. The molecule has 3 nitrogen and oxygen atoms in total. The van der Waals surface area contributed by atoms with Crippen LogP contribution in [0.2, 0.25) is 0 Å². The zero-order valence-corrected chi connectivity index (χ0v) is 13.8. The molecule has 2 atom stereocenters. The molecule has 1 aromatic rings. The number of ether oxygens (including phenoxy) is 1. The highest BCUT2D eigenvalue weighted by atomic mass is 16.5. The van der Waals surface area contributed by atoms with Gasteiger partial charge in [0.15, 0.2) is 0 Å². The number of aryl methyl sites for hydroxylation is 1. The Bertz CT molecular complexity index is 482. The molecular weight excluding hydrogens is 272 g/mol. The van der Waals surface area contributed by atoms with E-state index in [9.17, 15) is 0 Å². The van der Waals surface area contributed by atoms with E-state index in [1.807, 2.05) is 0 Å². The molecule has 0 saturated carbocycles. The van der Waals surface area contributed by atoms with Crippen molar-refractivity contribution in [2.45, 2.75) is 38.5 Å². The lowest BCUT2D eigenvalue weighted by Gasteiger charge is -2.38. The predicted molar refractivity (Wildman–Crippen MR) is 91.3 cm³/mol. The van der Waals surface area contributed by atoms with Gasteiger partial charge in [-0.1, -0.05) is 6.07 Å². The maximum absolute atomic E-state index is 5.95. The number of nitrogens with one attached hydrogen (secondary N) is 1. The van der Waals surface area contributed by atoms with Crippen LogP contribution < -0.4 is 15.8 Å². The summed E-state index contributed by atoms with van der Waals surface area (Å²) in [6.45, 7) is 3.20. The van der Waals surface area contributed by atoms with Crippen molar-refractivity contribution in [1.82, 2.24) is 5.32 Å². The first kappa shape index (κ1) is 15.8. The van der Waals surface area contributed by atoms with Gasteiger partial charge in [0, 0.05) is 0 Å². The molecule has 3 N–H and O–H groups in total. The maximum Gasteiger partial charge on any atom is 0.119 e. The van der Waals surface area contributed by atoms with E-state index in [-0.39, 0.29) is 0 Å². The van der Waals surface area contributed by atoms with E-state index < -0.39 is 0 Å². The van der Waals surface area contributed by atoms with Gasteiger partial charge in [-0.05, 0) is 99.2 Å². The Balaban J connectivity index is 1.74. The van der Waals surface area contributed by atoms with Gasteiger partial charge < -0.3 is 15.8 Å². The Morgan fingerprint density at radius 2 is 2.00 bits per heavy atom. The smallest absolute Gasteiger partial charge is 0.119 e. The molecule has 3 rings (SSSR count). The third kappa shape index (κ3) is 3.47. The van der Waals surface area contributed by atoms with Crippen molar-refractivity contribution in [3.63, 3.8) is 0 Å². The summed E-state index contributed by atoms with van der Waals surface area (Å²) in [4.78, 5) is 0. The SMILES string of the molecule is COc1ccc2c(c1)C[C@H](C(CCN)C1CCNCC1)CC2. The van der Waals surface area contributed by atoms with Gasteiger partial charge in [0.05, 0.1) is 7.11 Å². The van der Waals surface area contributed by atoms with Crippen LogP contribution in [0, 0.1) is 17.8 Å². The number of hydrogen-bond acceptors (Lipinski definition) is 3. The van der Waals surface area contributed by atoms with E-state index in [1.54, 1.807) is 7.11 Å². The highest BCUT2D eigenvalue weighted by molar-refractivity contribution is 5.37. The molecule has 1 aliphatic carbocycles. The van der Waals surface area contributed by atoms with Crippen molar-refractivity contribution in [2.75, 3.05) is 26.7 Å². The van der Waals surface area contributed by atoms with E-state index in [2.05, 4.69) is 23.5 Å². The average Bonchev–Trinajstić information content (AvgIpc) is 2.59. The molecular formula is C19H30N2O. The van der Waals surface area contributed by atoms with E-state index in [0.29, 0.717) is 0 Å². The normalized spacial score (nSPS) is 23.8. The molecule has 2 aliphatic rings. The fourth-order valence-electron chi connectivity index (χ4n) is 4.58. The number of methoxy groups -OCH3 is 1. The summed E-state index contributed by atoms with van der Waals surface area (Å²) in [5.74, 6) is 3.45. The highest BCUT2D eigenvalue weighted by Crippen LogP contribution is 2.39. The third-order valence-corrected chi connectivity index (χ3v) is 5.77. The largest absolute Gasteiger partial charge is 0.497 e. The number of rotatable bonds is 5. The zero-order valence-electron chi connectivity index (χ0n) is 13.8. The Morgan fingerprint density at radius 1 is 1.18 bits per heavy atom. The van der Waals surface area contributed by atoms with Gasteiger partial charge in [0.2, 0.25) is 0 Å². The number of nitrogens with two attached hydrogens (primary N) is 1. The van der Waals surface area contributed by atoms with Gasteiger partial charge >= 0.3 is 0 Å². The van der Waals surface area contributed by atoms with Gasteiger partial charge in [0.25, 0.3) is 0 Å². The van der Waals surface area contributed by atoms with Crippen LogP contribution in [0.4, 0.5) is 0 Å². The summed E-state index contributed by atoms with van der Waals surface area (Å²) < 4.78 is 5.41. The topological polar surface area (TPSA) is 47.3 Å². The Morgan fingerprint density at radius 3 is 2.73 bits per heavy atom. The third-order valence-electron chi connectivity index (χ3n) is 5.77. The van der Waals surface area contributed by atoms with Crippen LogP contribution in [0.1, 0.15) is 36.8 Å². The summed E-state index contributed by atoms with van der Waals surface area (Å²) in [7, 11) is 1.76. The summed E-state index contributed by atoms with van der Waals surface area (Å²) in [6, 6.07) is 6.61. The number of hydrogen-bond donors (Lipinski definition) is 2. The first-order valence-corrected chi connectivity index (χ1v) is 8.88. The number of piperidine rings is 1. The first-order chi connectivity index (χ1) is 10.8. The molecule has 1 aliphatic heterocycles. The Kier molecular flexibility index (Phi) is 5.37. The van der Waals surface area contributed by atoms with Crippen molar-refractivity contribution in [2.24, 2.45) is 23.5 Å². The second-order valence-corrected chi connectivity index (χ2v) is 6.97. The zero-order chi connectivity index (χ0) is 15.4. The number of benzene rings is 1. The summed E-state index contributed by atoms with van der Waals surface area (Å²) in [5.41, 5.74) is 8.98. The van der Waals surface area contributed by atoms with Crippen molar-refractivity contribution in [3.05, 3.63) is 29.3 Å². The molecule has 122 valence electrons. The summed E-state index contributed by atoms with van der Waals surface area (Å²) in [6.07, 6.45) is 7.60. The van der Waals surface area contributed by atoms with Crippen LogP contribution >= 0.6 is 0 Å².